The summed E-state index contributed by atoms with van der Waals surface area (Å²) in [5, 5.41) is 0. The first-order chi connectivity index (χ1) is 8.04. The minimum Gasteiger partial charge on any atom is -0.493 e. The molecule has 0 heterocycles. The second kappa shape index (κ2) is 6.40. The maximum absolute atomic E-state index is 11.6. The van der Waals surface area contributed by atoms with Crippen molar-refractivity contribution in [2.75, 3.05) is 20.3 Å². The van der Waals surface area contributed by atoms with Gasteiger partial charge >= 0.3 is 0 Å². The molecule has 0 aliphatic rings. The van der Waals surface area contributed by atoms with Gasteiger partial charge in [0, 0.05) is 12.7 Å². The Labute approximate surface area is 103 Å². The summed E-state index contributed by atoms with van der Waals surface area (Å²) in [6, 6.07) is 5.47. The van der Waals surface area contributed by atoms with Crippen LogP contribution in [0.4, 0.5) is 0 Å². The summed E-state index contributed by atoms with van der Waals surface area (Å²) in [5.74, 6) is 1.32. The Balaban J connectivity index is 2.75. The smallest absolute Gasteiger partial charge is 0.188 e. The number of carbonyl (C=O) groups excluding carboxylic acids is 1. The minimum absolute atomic E-state index is 0.00832. The van der Waals surface area contributed by atoms with Gasteiger partial charge in [0.1, 0.15) is 12.4 Å². The van der Waals surface area contributed by atoms with Gasteiger partial charge in [0.25, 0.3) is 0 Å². The molecule has 3 nitrogen and oxygen atoms in total. The molecule has 0 saturated carbocycles. The molecule has 1 aromatic carbocycles. The van der Waals surface area contributed by atoms with Crippen molar-refractivity contribution in [3.05, 3.63) is 29.3 Å². The summed E-state index contributed by atoms with van der Waals surface area (Å²) in [5.41, 5.74) is 1.65. The Kier molecular flexibility index (Phi) is 5.16. The molecular formula is C14H20O3. The maximum atomic E-state index is 11.6. The van der Waals surface area contributed by atoms with Crippen LogP contribution >= 0.6 is 0 Å². The average molecular weight is 236 g/mol. The third kappa shape index (κ3) is 4.19. The molecule has 94 valence electrons. The predicted molar refractivity (Wildman–Crippen MR) is 67.7 cm³/mol. The fourth-order valence-corrected chi connectivity index (χ4v) is 1.46. The van der Waals surface area contributed by atoms with Crippen LogP contribution in [0, 0.1) is 12.8 Å². The fourth-order valence-electron chi connectivity index (χ4n) is 1.46. The van der Waals surface area contributed by atoms with Crippen LogP contribution in [0.3, 0.4) is 0 Å². The average Bonchev–Trinajstić information content (AvgIpc) is 2.27. The molecule has 0 saturated heterocycles. The van der Waals surface area contributed by atoms with Gasteiger partial charge in [-0.3, -0.25) is 4.79 Å². The van der Waals surface area contributed by atoms with Gasteiger partial charge in [-0.25, -0.2) is 0 Å². The summed E-state index contributed by atoms with van der Waals surface area (Å²) in [6.45, 7) is 6.95. The summed E-state index contributed by atoms with van der Waals surface area (Å²) < 4.78 is 10.5. The lowest BCUT2D eigenvalue weighted by atomic mass is 10.1. The first kappa shape index (κ1) is 13.7. The predicted octanol–water partition coefficient (Wildman–Crippen LogP) is 2.86. The molecule has 17 heavy (non-hydrogen) atoms. The summed E-state index contributed by atoms with van der Waals surface area (Å²) >= 11 is 0. The number of hydrogen-bond donors (Lipinski definition) is 0. The number of benzene rings is 1. The van der Waals surface area contributed by atoms with E-state index in [1.54, 1.807) is 6.07 Å². The van der Waals surface area contributed by atoms with Crippen molar-refractivity contribution in [1.29, 1.82) is 0 Å². The lowest BCUT2D eigenvalue weighted by Gasteiger charge is -2.12. The highest BCUT2D eigenvalue weighted by atomic mass is 16.5. The number of ketones is 1. The van der Waals surface area contributed by atoms with Crippen LogP contribution in [0.2, 0.25) is 0 Å². The molecule has 0 aliphatic heterocycles. The molecule has 0 radical (unpaired) electrons. The number of aryl methyl sites for hydroxylation is 1. The molecule has 0 N–H and O–H groups in total. The molecule has 0 atom stereocenters. The molecule has 0 spiro atoms. The molecule has 0 unspecified atom stereocenters. The second-order valence-electron chi connectivity index (χ2n) is 4.54. The molecule has 0 aromatic heterocycles. The number of methoxy groups -OCH3 is 1. The normalized spacial score (nSPS) is 10.6. The number of carbonyl (C=O) groups is 1. The van der Waals surface area contributed by atoms with Crippen molar-refractivity contribution in [2.45, 2.75) is 20.8 Å². The van der Waals surface area contributed by atoms with Gasteiger partial charge in [-0.05, 0) is 36.6 Å². The molecule has 3 heteroatoms. The van der Waals surface area contributed by atoms with Crippen molar-refractivity contribution < 1.29 is 14.3 Å². The van der Waals surface area contributed by atoms with E-state index in [-0.39, 0.29) is 12.4 Å². The Morgan fingerprint density at radius 2 is 2.06 bits per heavy atom. The molecular weight excluding hydrogens is 216 g/mol. The van der Waals surface area contributed by atoms with E-state index in [1.165, 1.54) is 7.11 Å². The highest BCUT2D eigenvalue weighted by molar-refractivity contribution is 5.97. The van der Waals surface area contributed by atoms with E-state index in [9.17, 15) is 4.79 Å². The van der Waals surface area contributed by atoms with Crippen LogP contribution in [0.25, 0.3) is 0 Å². The minimum atomic E-state index is -0.00832. The van der Waals surface area contributed by atoms with Crippen molar-refractivity contribution in [3.8, 4) is 5.75 Å². The van der Waals surface area contributed by atoms with E-state index in [0.717, 1.165) is 11.3 Å². The van der Waals surface area contributed by atoms with Crippen LogP contribution in [-0.4, -0.2) is 26.1 Å². The van der Waals surface area contributed by atoms with Crippen molar-refractivity contribution in [2.24, 2.45) is 5.92 Å². The number of hydrogen-bond acceptors (Lipinski definition) is 3. The van der Waals surface area contributed by atoms with Crippen LogP contribution in [0.1, 0.15) is 29.8 Å². The van der Waals surface area contributed by atoms with Crippen molar-refractivity contribution >= 4 is 5.78 Å². The van der Waals surface area contributed by atoms with E-state index in [4.69, 9.17) is 9.47 Å². The van der Waals surface area contributed by atoms with Crippen molar-refractivity contribution in [3.63, 3.8) is 0 Å². The third-order valence-corrected chi connectivity index (χ3v) is 2.34. The van der Waals surface area contributed by atoms with E-state index < -0.39 is 0 Å². The summed E-state index contributed by atoms with van der Waals surface area (Å²) in [4.78, 5) is 11.6. The first-order valence-corrected chi connectivity index (χ1v) is 5.80. The van der Waals surface area contributed by atoms with Gasteiger partial charge in [0.05, 0.1) is 6.61 Å². The largest absolute Gasteiger partial charge is 0.493 e. The molecule has 0 amide bonds. The zero-order valence-electron chi connectivity index (χ0n) is 10.9. The first-order valence-electron chi connectivity index (χ1n) is 5.80. The molecule has 0 aliphatic carbocycles. The van der Waals surface area contributed by atoms with Gasteiger partial charge in [0.2, 0.25) is 0 Å². The van der Waals surface area contributed by atoms with Crippen LogP contribution in [0.5, 0.6) is 5.75 Å². The maximum Gasteiger partial charge on any atom is 0.188 e. The lowest BCUT2D eigenvalue weighted by Crippen LogP contribution is -2.09. The number of Topliss-reactive ketones (excluding diaryl/α,β-unsaturated/α-hetero) is 1. The standard InChI is InChI=1S/C14H20O3/c1-10(2)8-17-14-6-5-12(7-11(14)3)13(15)9-16-4/h5-7,10H,8-9H2,1-4H3. The summed E-state index contributed by atoms with van der Waals surface area (Å²) in [6.07, 6.45) is 0. The zero-order chi connectivity index (χ0) is 12.8. The second-order valence-corrected chi connectivity index (χ2v) is 4.54. The Hall–Kier alpha value is -1.35. The fraction of sp³-hybridized carbons (Fsp3) is 0.500. The quantitative estimate of drug-likeness (QED) is 0.712. The highest BCUT2D eigenvalue weighted by Crippen LogP contribution is 2.20. The van der Waals surface area contributed by atoms with Crippen LogP contribution < -0.4 is 4.74 Å². The topological polar surface area (TPSA) is 35.5 Å². The molecule has 1 rings (SSSR count). The molecule has 0 fully saturated rings. The number of ether oxygens (including phenoxy) is 2. The zero-order valence-corrected chi connectivity index (χ0v) is 10.9. The highest BCUT2D eigenvalue weighted by Gasteiger charge is 2.08. The lowest BCUT2D eigenvalue weighted by molar-refractivity contribution is 0.0848. The van der Waals surface area contributed by atoms with Gasteiger partial charge in [-0.1, -0.05) is 13.8 Å². The van der Waals surface area contributed by atoms with E-state index >= 15 is 0 Å². The number of rotatable bonds is 6. The van der Waals surface area contributed by atoms with E-state index in [2.05, 4.69) is 13.8 Å². The van der Waals surface area contributed by atoms with Crippen LogP contribution in [-0.2, 0) is 4.74 Å². The monoisotopic (exact) mass is 236 g/mol. The third-order valence-electron chi connectivity index (χ3n) is 2.34. The Bertz CT molecular complexity index is 383. The SMILES string of the molecule is COCC(=O)c1ccc(OCC(C)C)c(C)c1. The van der Waals surface area contributed by atoms with Gasteiger partial charge in [-0.2, -0.15) is 0 Å². The molecule has 0 bridgehead atoms. The molecule has 1 aromatic rings. The van der Waals surface area contributed by atoms with Crippen LogP contribution in [0.15, 0.2) is 18.2 Å². The van der Waals surface area contributed by atoms with E-state index in [1.807, 2.05) is 19.1 Å². The van der Waals surface area contributed by atoms with E-state index in [0.29, 0.717) is 18.1 Å². The Morgan fingerprint density at radius 1 is 1.35 bits per heavy atom. The van der Waals surface area contributed by atoms with Gasteiger partial charge in [0.15, 0.2) is 5.78 Å². The van der Waals surface area contributed by atoms with Gasteiger partial charge < -0.3 is 9.47 Å². The Morgan fingerprint density at radius 3 is 2.59 bits per heavy atom. The van der Waals surface area contributed by atoms with Crippen molar-refractivity contribution in [1.82, 2.24) is 0 Å². The summed E-state index contributed by atoms with van der Waals surface area (Å²) in [7, 11) is 1.52. The van der Waals surface area contributed by atoms with Gasteiger partial charge in [-0.15, -0.1) is 0 Å².